The Kier molecular flexibility index (Phi) is 5.14. The summed E-state index contributed by atoms with van der Waals surface area (Å²) in [6, 6.07) is 9.53. The third kappa shape index (κ3) is 4.06. The molecule has 0 spiro atoms. The molecule has 7 heteroatoms. The third-order valence-corrected chi connectivity index (χ3v) is 4.54. The Balaban J connectivity index is 1.64. The smallest absolute Gasteiger partial charge is 0.269 e. The number of rotatable bonds is 6. The van der Waals surface area contributed by atoms with Crippen molar-refractivity contribution in [3.8, 4) is 0 Å². The predicted octanol–water partition coefficient (Wildman–Crippen LogP) is 2.85. The number of aliphatic hydroxyl groups is 1. The third-order valence-electron chi connectivity index (χ3n) is 4.54. The summed E-state index contributed by atoms with van der Waals surface area (Å²) in [4.78, 5) is 24.8. The Morgan fingerprint density at radius 2 is 2.24 bits per heavy atom. The summed E-state index contributed by atoms with van der Waals surface area (Å²) >= 11 is 0. The molecule has 2 heterocycles. The van der Waals surface area contributed by atoms with Crippen LogP contribution in [-0.4, -0.2) is 33.4 Å². The van der Waals surface area contributed by atoms with Crippen LogP contribution in [0, 0.1) is 10.1 Å². The van der Waals surface area contributed by atoms with Gasteiger partial charge in [0.25, 0.3) is 5.69 Å². The lowest BCUT2D eigenvalue weighted by Gasteiger charge is -2.26. The van der Waals surface area contributed by atoms with Crippen LogP contribution in [0.3, 0.4) is 0 Å². The summed E-state index contributed by atoms with van der Waals surface area (Å²) in [5.41, 5.74) is 0.605. The van der Waals surface area contributed by atoms with E-state index in [1.54, 1.807) is 29.2 Å². The van der Waals surface area contributed by atoms with E-state index < -0.39 is 11.0 Å². The number of non-ortho nitro benzene ring substituents is 1. The van der Waals surface area contributed by atoms with E-state index in [4.69, 9.17) is 4.42 Å². The van der Waals surface area contributed by atoms with E-state index in [2.05, 4.69) is 0 Å². The summed E-state index contributed by atoms with van der Waals surface area (Å²) in [5, 5.41) is 21.1. The maximum absolute atomic E-state index is 12.6. The molecule has 3 rings (SSSR count). The Hall–Kier alpha value is -2.67. The Bertz CT molecular complexity index is 744. The summed E-state index contributed by atoms with van der Waals surface area (Å²) in [6.45, 7) is 0.642. The monoisotopic (exact) mass is 344 g/mol. The summed E-state index contributed by atoms with van der Waals surface area (Å²) < 4.78 is 5.22. The van der Waals surface area contributed by atoms with Crippen LogP contribution in [0.15, 0.2) is 47.1 Å². The number of hydrogen-bond acceptors (Lipinski definition) is 5. The van der Waals surface area contributed by atoms with Crippen molar-refractivity contribution in [3.63, 3.8) is 0 Å². The molecule has 1 saturated heterocycles. The van der Waals surface area contributed by atoms with Gasteiger partial charge in [0.2, 0.25) is 5.91 Å². The summed E-state index contributed by atoms with van der Waals surface area (Å²) in [6.07, 6.45) is 3.03. The minimum Gasteiger partial charge on any atom is -0.467 e. The van der Waals surface area contributed by atoms with Gasteiger partial charge >= 0.3 is 0 Å². The number of amides is 1. The highest BCUT2D eigenvalue weighted by molar-refractivity contribution is 5.79. The van der Waals surface area contributed by atoms with Crippen LogP contribution in [0.4, 0.5) is 5.69 Å². The van der Waals surface area contributed by atoms with Crippen LogP contribution in [-0.2, 0) is 11.2 Å². The Morgan fingerprint density at radius 1 is 1.40 bits per heavy atom. The van der Waals surface area contributed by atoms with Crippen molar-refractivity contribution in [2.75, 3.05) is 6.54 Å². The molecule has 1 N–H and O–H groups in total. The molecule has 2 aromatic rings. The highest BCUT2D eigenvalue weighted by Crippen LogP contribution is 2.28. The number of nitrogens with zero attached hydrogens (tertiary/aromatic N) is 2. The first-order chi connectivity index (χ1) is 12.0. The molecule has 1 aromatic heterocycles. The molecule has 0 radical (unpaired) electrons. The van der Waals surface area contributed by atoms with E-state index in [0.29, 0.717) is 24.3 Å². The molecule has 1 fully saturated rings. The van der Waals surface area contributed by atoms with Crippen molar-refractivity contribution in [3.05, 3.63) is 64.1 Å². The van der Waals surface area contributed by atoms with E-state index in [9.17, 15) is 20.0 Å². The van der Waals surface area contributed by atoms with Crippen molar-refractivity contribution in [2.45, 2.75) is 37.8 Å². The first kappa shape index (κ1) is 17.2. The zero-order valence-electron chi connectivity index (χ0n) is 13.7. The lowest BCUT2D eigenvalue weighted by molar-refractivity contribution is -0.384. The maximum atomic E-state index is 12.6. The number of hydrogen-bond donors (Lipinski definition) is 1. The zero-order valence-corrected chi connectivity index (χ0v) is 13.7. The van der Waals surface area contributed by atoms with Gasteiger partial charge in [-0.2, -0.15) is 0 Å². The average Bonchev–Trinajstić information content (AvgIpc) is 3.26. The zero-order chi connectivity index (χ0) is 17.8. The Morgan fingerprint density at radius 3 is 2.96 bits per heavy atom. The van der Waals surface area contributed by atoms with Crippen LogP contribution in [0.1, 0.15) is 36.7 Å². The normalized spacial score (nSPS) is 18.3. The molecule has 1 amide bonds. The average molecular weight is 344 g/mol. The van der Waals surface area contributed by atoms with Gasteiger partial charge in [0.05, 0.1) is 17.6 Å². The van der Waals surface area contributed by atoms with Crippen LogP contribution in [0.25, 0.3) is 0 Å². The second-order valence-corrected chi connectivity index (χ2v) is 6.25. The highest BCUT2D eigenvalue weighted by atomic mass is 16.6. The van der Waals surface area contributed by atoms with Gasteiger partial charge in [0, 0.05) is 31.1 Å². The fourth-order valence-corrected chi connectivity index (χ4v) is 3.32. The fourth-order valence-electron chi connectivity index (χ4n) is 3.32. The predicted molar refractivity (Wildman–Crippen MR) is 89.8 cm³/mol. The number of carbonyl (C=O) groups excluding carboxylic acids is 1. The van der Waals surface area contributed by atoms with Crippen LogP contribution in [0.5, 0.6) is 0 Å². The highest BCUT2D eigenvalue weighted by Gasteiger charge is 2.31. The second-order valence-electron chi connectivity index (χ2n) is 6.25. The first-order valence-corrected chi connectivity index (χ1v) is 8.29. The Labute approximate surface area is 145 Å². The minimum absolute atomic E-state index is 0.0171. The summed E-state index contributed by atoms with van der Waals surface area (Å²) in [7, 11) is 0. The number of nitro groups is 1. The minimum atomic E-state index is -0.744. The number of furan rings is 1. The van der Waals surface area contributed by atoms with Gasteiger partial charge in [-0.05, 0) is 30.5 Å². The van der Waals surface area contributed by atoms with E-state index in [-0.39, 0.29) is 24.1 Å². The number of benzene rings is 1. The van der Waals surface area contributed by atoms with Crippen molar-refractivity contribution in [1.29, 1.82) is 0 Å². The SMILES string of the molecule is O=C(Cc1cccc([N+](=O)[O-])c1)N1CCC[C@@H]1C[C@H](O)c1ccco1. The van der Waals surface area contributed by atoms with Gasteiger partial charge in [-0.3, -0.25) is 14.9 Å². The van der Waals surface area contributed by atoms with Crippen LogP contribution >= 0.6 is 0 Å². The van der Waals surface area contributed by atoms with Crippen molar-refractivity contribution in [1.82, 2.24) is 4.90 Å². The number of likely N-dealkylation sites (tertiary alicyclic amines) is 1. The molecule has 1 aliphatic heterocycles. The van der Waals surface area contributed by atoms with Crippen LogP contribution in [0.2, 0.25) is 0 Å². The molecule has 7 nitrogen and oxygen atoms in total. The maximum Gasteiger partial charge on any atom is 0.269 e. The quantitative estimate of drug-likeness (QED) is 0.642. The van der Waals surface area contributed by atoms with Gasteiger partial charge in [0.1, 0.15) is 11.9 Å². The molecule has 2 atom stereocenters. The van der Waals surface area contributed by atoms with Crippen molar-refractivity contribution in [2.24, 2.45) is 0 Å². The van der Waals surface area contributed by atoms with Gasteiger partial charge in [0.15, 0.2) is 0 Å². The van der Waals surface area contributed by atoms with Gasteiger partial charge in [-0.15, -0.1) is 0 Å². The second kappa shape index (κ2) is 7.48. The summed E-state index contributed by atoms with van der Waals surface area (Å²) in [5.74, 6) is 0.424. The van der Waals surface area contributed by atoms with E-state index >= 15 is 0 Å². The topological polar surface area (TPSA) is 96.8 Å². The standard InChI is InChI=1S/C18H20N2O5/c21-16(17-7-3-9-25-17)12-14-6-2-8-19(14)18(22)11-13-4-1-5-15(10-13)20(23)24/h1,3-5,7,9-10,14,16,21H,2,6,8,11-12H2/t14-,16+/m1/s1. The molecule has 0 bridgehead atoms. The lowest BCUT2D eigenvalue weighted by Crippen LogP contribution is -2.37. The van der Waals surface area contributed by atoms with E-state index in [0.717, 1.165) is 12.8 Å². The lowest BCUT2D eigenvalue weighted by atomic mass is 10.0. The number of nitro benzene ring substituents is 1. The van der Waals surface area contributed by atoms with Crippen LogP contribution < -0.4 is 0 Å². The van der Waals surface area contributed by atoms with Gasteiger partial charge in [-0.1, -0.05) is 12.1 Å². The number of aliphatic hydroxyl groups excluding tert-OH is 1. The molecule has 1 aliphatic rings. The largest absolute Gasteiger partial charge is 0.467 e. The molecule has 0 saturated carbocycles. The van der Waals surface area contributed by atoms with Crippen molar-refractivity contribution < 1.29 is 19.2 Å². The molecule has 132 valence electrons. The fraction of sp³-hybridized carbons (Fsp3) is 0.389. The molecule has 0 aliphatic carbocycles. The molecular weight excluding hydrogens is 324 g/mol. The van der Waals surface area contributed by atoms with E-state index in [1.165, 1.54) is 18.4 Å². The molecule has 25 heavy (non-hydrogen) atoms. The number of carbonyl (C=O) groups is 1. The molecule has 0 unspecified atom stereocenters. The molecule has 1 aromatic carbocycles. The molecular formula is C18H20N2O5. The van der Waals surface area contributed by atoms with E-state index in [1.807, 2.05) is 0 Å². The van der Waals surface area contributed by atoms with Gasteiger partial charge in [-0.25, -0.2) is 0 Å². The van der Waals surface area contributed by atoms with Crippen molar-refractivity contribution >= 4 is 11.6 Å². The first-order valence-electron chi connectivity index (χ1n) is 8.29. The van der Waals surface area contributed by atoms with Gasteiger partial charge < -0.3 is 14.4 Å².